The normalized spacial score (nSPS) is 10.4. The number of aryl methyl sites for hydroxylation is 1. The highest BCUT2D eigenvalue weighted by molar-refractivity contribution is 5.77. The monoisotopic (exact) mass is 232 g/mol. The van der Waals surface area contributed by atoms with Crippen LogP contribution in [0.2, 0.25) is 0 Å². The molecule has 0 radical (unpaired) electrons. The molecule has 0 atom stereocenters. The van der Waals surface area contributed by atoms with Crippen molar-refractivity contribution in [2.45, 2.75) is 6.92 Å². The van der Waals surface area contributed by atoms with Crippen LogP contribution in [0.3, 0.4) is 0 Å². The summed E-state index contributed by atoms with van der Waals surface area (Å²) < 4.78 is 0. The third-order valence-electron chi connectivity index (χ3n) is 2.63. The Morgan fingerprint density at radius 1 is 0.765 bits per heavy atom. The molecule has 0 heterocycles. The van der Waals surface area contributed by atoms with Crippen LogP contribution in [0.15, 0.2) is 30.3 Å². The molecule has 4 nitrogen and oxygen atoms in total. The van der Waals surface area contributed by atoms with Crippen molar-refractivity contribution in [2.24, 2.45) is 0 Å². The molecule has 2 aromatic carbocycles. The Labute approximate surface area is 98.0 Å². The first kappa shape index (κ1) is 11.1. The Morgan fingerprint density at radius 3 is 2.06 bits per heavy atom. The van der Waals surface area contributed by atoms with Crippen LogP contribution in [-0.4, -0.2) is 20.4 Å². The van der Waals surface area contributed by atoms with Crippen molar-refractivity contribution in [2.75, 3.05) is 0 Å². The van der Waals surface area contributed by atoms with Gasteiger partial charge in [-0.25, -0.2) is 0 Å². The van der Waals surface area contributed by atoms with Crippen molar-refractivity contribution >= 4 is 0 Å². The van der Waals surface area contributed by atoms with Gasteiger partial charge in [0.15, 0.2) is 11.5 Å². The quantitative estimate of drug-likeness (QED) is 0.569. The van der Waals surface area contributed by atoms with Gasteiger partial charge in [0.05, 0.1) is 0 Å². The molecule has 17 heavy (non-hydrogen) atoms. The average Bonchev–Trinajstić information content (AvgIpc) is 2.28. The van der Waals surface area contributed by atoms with Crippen LogP contribution in [0.4, 0.5) is 0 Å². The van der Waals surface area contributed by atoms with Gasteiger partial charge in [-0.3, -0.25) is 0 Å². The van der Waals surface area contributed by atoms with Crippen LogP contribution in [0, 0.1) is 6.92 Å². The van der Waals surface area contributed by atoms with Gasteiger partial charge >= 0.3 is 0 Å². The molecule has 0 saturated heterocycles. The maximum absolute atomic E-state index is 9.75. The van der Waals surface area contributed by atoms with E-state index in [1.807, 2.05) is 0 Å². The van der Waals surface area contributed by atoms with Gasteiger partial charge in [0, 0.05) is 5.56 Å². The third-order valence-corrected chi connectivity index (χ3v) is 2.63. The lowest BCUT2D eigenvalue weighted by Gasteiger charge is -2.10. The van der Waals surface area contributed by atoms with E-state index in [0.717, 1.165) is 5.56 Å². The fourth-order valence-electron chi connectivity index (χ4n) is 1.74. The fourth-order valence-corrected chi connectivity index (χ4v) is 1.74. The zero-order chi connectivity index (χ0) is 12.6. The van der Waals surface area contributed by atoms with Crippen molar-refractivity contribution in [3.8, 4) is 34.1 Å². The second kappa shape index (κ2) is 3.90. The maximum Gasteiger partial charge on any atom is 0.200 e. The van der Waals surface area contributed by atoms with Crippen molar-refractivity contribution < 1.29 is 20.4 Å². The summed E-state index contributed by atoms with van der Waals surface area (Å²) in [5.74, 6) is -1.16. The molecule has 88 valence electrons. The number of benzene rings is 2. The van der Waals surface area contributed by atoms with Crippen molar-refractivity contribution in [3.05, 3.63) is 35.9 Å². The van der Waals surface area contributed by atoms with Crippen molar-refractivity contribution in [1.29, 1.82) is 0 Å². The highest BCUT2D eigenvalue weighted by Crippen LogP contribution is 2.43. The molecule has 0 aromatic heterocycles. The molecule has 2 aromatic rings. The Balaban J connectivity index is 2.65. The Bertz CT molecular complexity index is 576. The molecule has 0 aliphatic rings. The van der Waals surface area contributed by atoms with E-state index in [1.165, 1.54) is 18.2 Å². The van der Waals surface area contributed by atoms with Gasteiger partial charge in [-0.05, 0) is 42.3 Å². The first-order valence-corrected chi connectivity index (χ1v) is 5.04. The maximum atomic E-state index is 9.75. The Morgan fingerprint density at radius 2 is 1.41 bits per heavy atom. The fraction of sp³-hybridized carbons (Fsp3) is 0.0769. The van der Waals surface area contributed by atoms with Gasteiger partial charge in [0.25, 0.3) is 0 Å². The summed E-state index contributed by atoms with van der Waals surface area (Å²) in [5, 5.41) is 37.7. The lowest BCUT2D eigenvalue weighted by Crippen LogP contribution is -1.84. The highest BCUT2D eigenvalue weighted by atomic mass is 16.3. The predicted molar refractivity (Wildman–Crippen MR) is 63.3 cm³/mol. The first-order chi connectivity index (χ1) is 8.00. The number of hydrogen-bond donors (Lipinski definition) is 4. The molecule has 4 N–H and O–H groups in total. The minimum atomic E-state index is -0.546. The average molecular weight is 232 g/mol. The molecule has 0 unspecified atom stereocenters. The SMILES string of the molecule is Cc1cc(O)ccc1-c1ccc(O)c(O)c1O. The highest BCUT2D eigenvalue weighted by Gasteiger charge is 2.14. The zero-order valence-corrected chi connectivity index (χ0v) is 9.18. The largest absolute Gasteiger partial charge is 0.508 e. The number of aromatic hydroxyl groups is 4. The van der Waals surface area contributed by atoms with E-state index in [0.29, 0.717) is 11.1 Å². The molecule has 0 spiro atoms. The van der Waals surface area contributed by atoms with E-state index >= 15 is 0 Å². The lowest BCUT2D eigenvalue weighted by molar-refractivity contribution is 0.369. The molecule has 2 rings (SSSR count). The predicted octanol–water partition coefficient (Wildman–Crippen LogP) is 2.48. The van der Waals surface area contributed by atoms with Gasteiger partial charge < -0.3 is 20.4 Å². The standard InChI is InChI=1S/C13H12O4/c1-7-6-8(14)2-3-9(7)10-4-5-11(15)13(17)12(10)16/h2-6,14-17H,1H3. The second-order valence-electron chi connectivity index (χ2n) is 3.83. The number of phenols is 4. The van der Waals surface area contributed by atoms with Crippen LogP contribution in [0.25, 0.3) is 11.1 Å². The zero-order valence-electron chi connectivity index (χ0n) is 9.18. The van der Waals surface area contributed by atoms with E-state index in [4.69, 9.17) is 0 Å². The first-order valence-electron chi connectivity index (χ1n) is 5.04. The topological polar surface area (TPSA) is 80.9 Å². The summed E-state index contributed by atoms with van der Waals surface area (Å²) in [4.78, 5) is 0. The van der Waals surface area contributed by atoms with Gasteiger partial charge in [-0.1, -0.05) is 6.07 Å². The summed E-state index contributed by atoms with van der Waals surface area (Å²) in [6, 6.07) is 7.49. The molecule has 0 amide bonds. The van der Waals surface area contributed by atoms with Crippen LogP contribution in [0.1, 0.15) is 5.56 Å². The molecular weight excluding hydrogens is 220 g/mol. The van der Waals surface area contributed by atoms with E-state index < -0.39 is 5.75 Å². The molecule has 0 aliphatic carbocycles. The molecule has 0 aliphatic heterocycles. The van der Waals surface area contributed by atoms with E-state index in [2.05, 4.69) is 0 Å². The molecule has 0 bridgehead atoms. The van der Waals surface area contributed by atoms with E-state index in [9.17, 15) is 20.4 Å². The molecule has 0 fully saturated rings. The third kappa shape index (κ3) is 1.85. The Hall–Kier alpha value is -2.36. The van der Waals surface area contributed by atoms with Gasteiger partial charge in [0.1, 0.15) is 5.75 Å². The minimum Gasteiger partial charge on any atom is -0.508 e. The number of phenolic OH excluding ortho intramolecular Hbond substituents is 4. The van der Waals surface area contributed by atoms with Crippen LogP contribution < -0.4 is 0 Å². The van der Waals surface area contributed by atoms with Gasteiger partial charge in [-0.15, -0.1) is 0 Å². The van der Waals surface area contributed by atoms with E-state index in [-0.39, 0.29) is 17.2 Å². The lowest BCUT2D eigenvalue weighted by atomic mass is 9.99. The molecular formula is C13H12O4. The van der Waals surface area contributed by atoms with Crippen molar-refractivity contribution in [1.82, 2.24) is 0 Å². The Kier molecular flexibility index (Phi) is 2.55. The van der Waals surface area contributed by atoms with Crippen molar-refractivity contribution in [3.63, 3.8) is 0 Å². The summed E-state index contributed by atoms with van der Waals surface area (Å²) in [6.45, 7) is 1.78. The number of hydrogen-bond acceptors (Lipinski definition) is 4. The van der Waals surface area contributed by atoms with Gasteiger partial charge in [-0.2, -0.15) is 0 Å². The molecule has 0 saturated carbocycles. The smallest absolute Gasteiger partial charge is 0.200 e. The second-order valence-corrected chi connectivity index (χ2v) is 3.83. The van der Waals surface area contributed by atoms with Gasteiger partial charge in [0.2, 0.25) is 5.75 Å². The summed E-state index contributed by atoms with van der Waals surface area (Å²) in [5.41, 5.74) is 1.83. The number of rotatable bonds is 1. The summed E-state index contributed by atoms with van der Waals surface area (Å²) >= 11 is 0. The summed E-state index contributed by atoms with van der Waals surface area (Å²) in [7, 11) is 0. The van der Waals surface area contributed by atoms with E-state index in [1.54, 1.807) is 19.1 Å². The summed E-state index contributed by atoms with van der Waals surface area (Å²) in [6.07, 6.45) is 0. The van der Waals surface area contributed by atoms with Crippen LogP contribution >= 0.6 is 0 Å². The van der Waals surface area contributed by atoms with Crippen LogP contribution in [0.5, 0.6) is 23.0 Å². The van der Waals surface area contributed by atoms with Crippen LogP contribution in [-0.2, 0) is 0 Å². The minimum absolute atomic E-state index is 0.133. The molecule has 4 heteroatoms.